The molecule has 2 atom stereocenters. The van der Waals surface area contributed by atoms with Crippen molar-refractivity contribution in [1.82, 2.24) is 9.55 Å². The smallest absolute Gasteiger partial charge is 0.203 e. The number of rotatable bonds is 4. The second-order valence-corrected chi connectivity index (χ2v) is 5.41. The van der Waals surface area contributed by atoms with Gasteiger partial charge in [-0.3, -0.25) is 0 Å². The van der Waals surface area contributed by atoms with Gasteiger partial charge in [-0.2, -0.15) is 0 Å². The largest absolute Gasteiger partial charge is 0.353 e. The average molecular weight is 235 g/mol. The molecule has 1 aliphatic carbocycles. The summed E-state index contributed by atoms with van der Waals surface area (Å²) in [6.07, 6.45) is 8.70. The molecule has 0 spiro atoms. The van der Waals surface area contributed by atoms with E-state index in [0.29, 0.717) is 6.04 Å². The molecule has 3 nitrogen and oxygen atoms in total. The van der Waals surface area contributed by atoms with E-state index < -0.39 is 0 Å². The molecule has 1 heterocycles. The lowest BCUT2D eigenvalue weighted by Crippen LogP contribution is -2.31. The van der Waals surface area contributed by atoms with Gasteiger partial charge in [0.2, 0.25) is 5.95 Å². The molecular formula is C14H25N3. The third kappa shape index (κ3) is 3.02. The van der Waals surface area contributed by atoms with Crippen molar-refractivity contribution in [2.75, 3.05) is 5.32 Å². The predicted octanol–water partition coefficient (Wildman–Crippen LogP) is 3.59. The third-order valence-corrected chi connectivity index (χ3v) is 3.79. The molecule has 1 N–H and O–H groups in total. The summed E-state index contributed by atoms with van der Waals surface area (Å²) in [5.41, 5.74) is 1.12. The number of aryl methyl sites for hydroxylation is 2. The second kappa shape index (κ2) is 5.56. The molecule has 0 bridgehead atoms. The molecule has 1 fully saturated rings. The Morgan fingerprint density at radius 3 is 2.88 bits per heavy atom. The van der Waals surface area contributed by atoms with Crippen LogP contribution >= 0.6 is 0 Å². The number of imidazole rings is 1. The monoisotopic (exact) mass is 235 g/mol. The van der Waals surface area contributed by atoms with E-state index in [4.69, 9.17) is 0 Å². The number of anilines is 1. The fraction of sp³-hybridized carbons (Fsp3) is 0.786. The zero-order chi connectivity index (χ0) is 12.3. The van der Waals surface area contributed by atoms with E-state index in [9.17, 15) is 0 Å². The van der Waals surface area contributed by atoms with Crippen molar-refractivity contribution in [3.8, 4) is 0 Å². The summed E-state index contributed by atoms with van der Waals surface area (Å²) >= 11 is 0. The highest BCUT2D eigenvalue weighted by atomic mass is 15.2. The van der Waals surface area contributed by atoms with Crippen molar-refractivity contribution in [1.29, 1.82) is 0 Å². The molecule has 0 aromatic carbocycles. The molecule has 2 unspecified atom stereocenters. The van der Waals surface area contributed by atoms with Crippen LogP contribution in [-0.2, 0) is 6.54 Å². The number of hydrogen-bond donors (Lipinski definition) is 1. The van der Waals surface area contributed by atoms with E-state index in [-0.39, 0.29) is 0 Å². The number of nitrogens with zero attached hydrogens (tertiary/aromatic N) is 2. The van der Waals surface area contributed by atoms with Crippen LogP contribution in [0.3, 0.4) is 0 Å². The van der Waals surface area contributed by atoms with Crippen molar-refractivity contribution < 1.29 is 0 Å². The van der Waals surface area contributed by atoms with Crippen LogP contribution in [-0.4, -0.2) is 15.6 Å². The van der Waals surface area contributed by atoms with Crippen LogP contribution in [0.1, 0.15) is 51.6 Å². The predicted molar refractivity (Wildman–Crippen MR) is 72.3 cm³/mol. The van der Waals surface area contributed by atoms with Gasteiger partial charge < -0.3 is 9.88 Å². The summed E-state index contributed by atoms with van der Waals surface area (Å²) in [6.45, 7) is 7.70. The first kappa shape index (κ1) is 12.5. The Hall–Kier alpha value is -0.990. The Morgan fingerprint density at radius 2 is 2.18 bits per heavy atom. The van der Waals surface area contributed by atoms with Gasteiger partial charge in [-0.05, 0) is 32.1 Å². The standard InChI is InChI=1S/C14H25N3/c1-4-9-17-10-12(3)15-14(17)16-13-8-6-5-7-11(13)2/h10-11,13H,4-9H2,1-3H3,(H,15,16). The van der Waals surface area contributed by atoms with Crippen molar-refractivity contribution >= 4 is 5.95 Å². The van der Waals surface area contributed by atoms with Gasteiger partial charge in [0.05, 0.1) is 5.69 Å². The Morgan fingerprint density at radius 1 is 1.41 bits per heavy atom. The fourth-order valence-electron chi connectivity index (χ4n) is 2.77. The second-order valence-electron chi connectivity index (χ2n) is 5.41. The van der Waals surface area contributed by atoms with Crippen LogP contribution in [0.25, 0.3) is 0 Å². The zero-order valence-corrected chi connectivity index (χ0v) is 11.4. The van der Waals surface area contributed by atoms with E-state index in [2.05, 4.69) is 41.8 Å². The first-order chi connectivity index (χ1) is 8.20. The molecule has 0 radical (unpaired) electrons. The summed E-state index contributed by atoms with van der Waals surface area (Å²) in [7, 11) is 0. The molecule has 0 aliphatic heterocycles. The van der Waals surface area contributed by atoms with E-state index in [0.717, 1.165) is 30.5 Å². The highest BCUT2D eigenvalue weighted by Gasteiger charge is 2.22. The summed E-state index contributed by atoms with van der Waals surface area (Å²) in [4.78, 5) is 4.61. The Kier molecular flexibility index (Phi) is 4.08. The first-order valence-electron chi connectivity index (χ1n) is 7.01. The Balaban J connectivity index is 2.06. The van der Waals surface area contributed by atoms with Crippen LogP contribution in [0.2, 0.25) is 0 Å². The van der Waals surface area contributed by atoms with E-state index in [1.807, 2.05) is 0 Å². The highest BCUT2D eigenvalue weighted by molar-refractivity contribution is 5.30. The molecule has 96 valence electrons. The molecular weight excluding hydrogens is 210 g/mol. The Labute approximate surface area is 105 Å². The molecule has 1 aliphatic rings. The van der Waals surface area contributed by atoms with Gasteiger partial charge in [0.25, 0.3) is 0 Å². The molecule has 1 aromatic heterocycles. The zero-order valence-electron chi connectivity index (χ0n) is 11.4. The first-order valence-corrected chi connectivity index (χ1v) is 7.01. The van der Waals surface area contributed by atoms with Crippen molar-refractivity contribution in [3.05, 3.63) is 11.9 Å². The van der Waals surface area contributed by atoms with Crippen molar-refractivity contribution in [2.24, 2.45) is 5.92 Å². The maximum absolute atomic E-state index is 4.61. The summed E-state index contributed by atoms with van der Waals surface area (Å²) in [6, 6.07) is 0.612. The summed E-state index contributed by atoms with van der Waals surface area (Å²) in [5.74, 6) is 1.85. The van der Waals surface area contributed by atoms with E-state index in [1.54, 1.807) is 0 Å². The minimum Gasteiger partial charge on any atom is -0.353 e. The summed E-state index contributed by atoms with van der Waals surface area (Å²) in [5, 5.41) is 3.66. The number of aromatic nitrogens is 2. The van der Waals surface area contributed by atoms with Gasteiger partial charge in [-0.15, -0.1) is 0 Å². The summed E-state index contributed by atoms with van der Waals surface area (Å²) < 4.78 is 2.26. The number of nitrogens with one attached hydrogen (secondary N) is 1. The van der Waals surface area contributed by atoms with Crippen LogP contribution < -0.4 is 5.32 Å². The Bertz CT molecular complexity index is 356. The van der Waals surface area contributed by atoms with Gasteiger partial charge in [-0.25, -0.2) is 4.98 Å². The molecule has 0 amide bonds. The van der Waals surface area contributed by atoms with Crippen LogP contribution in [0, 0.1) is 12.8 Å². The SMILES string of the molecule is CCCn1cc(C)nc1NC1CCCCC1C. The van der Waals surface area contributed by atoms with Gasteiger partial charge in [-0.1, -0.05) is 26.7 Å². The molecule has 1 saturated carbocycles. The van der Waals surface area contributed by atoms with Crippen molar-refractivity contribution in [3.63, 3.8) is 0 Å². The van der Waals surface area contributed by atoms with Crippen LogP contribution in [0.15, 0.2) is 6.20 Å². The van der Waals surface area contributed by atoms with E-state index in [1.165, 1.54) is 25.7 Å². The lowest BCUT2D eigenvalue weighted by molar-refractivity contribution is 0.347. The molecule has 3 heteroatoms. The quantitative estimate of drug-likeness (QED) is 0.864. The maximum atomic E-state index is 4.61. The molecule has 2 rings (SSSR count). The lowest BCUT2D eigenvalue weighted by atomic mass is 9.86. The van der Waals surface area contributed by atoms with Crippen LogP contribution in [0.4, 0.5) is 5.95 Å². The molecule has 0 saturated heterocycles. The molecule has 17 heavy (non-hydrogen) atoms. The minimum absolute atomic E-state index is 0.612. The lowest BCUT2D eigenvalue weighted by Gasteiger charge is -2.30. The molecule has 1 aromatic rings. The highest BCUT2D eigenvalue weighted by Crippen LogP contribution is 2.26. The normalized spacial score (nSPS) is 24.9. The van der Waals surface area contributed by atoms with Gasteiger partial charge in [0, 0.05) is 18.8 Å². The third-order valence-electron chi connectivity index (χ3n) is 3.79. The van der Waals surface area contributed by atoms with Gasteiger partial charge in [0.15, 0.2) is 0 Å². The van der Waals surface area contributed by atoms with Gasteiger partial charge in [0.1, 0.15) is 0 Å². The average Bonchev–Trinajstić information content (AvgIpc) is 2.63. The van der Waals surface area contributed by atoms with Gasteiger partial charge >= 0.3 is 0 Å². The van der Waals surface area contributed by atoms with Crippen LogP contribution in [0.5, 0.6) is 0 Å². The van der Waals surface area contributed by atoms with Crippen molar-refractivity contribution in [2.45, 2.75) is 65.5 Å². The maximum Gasteiger partial charge on any atom is 0.203 e. The minimum atomic E-state index is 0.612. The fourth-order valence-corrected chi connectivity index (χ4v) is 2.77. The van der Waals surface area contributed by atoms with E-state index >= 15 is 0 Å². The topological polar surface area (TPSA) is 29.9 Å². The number of hydrogen-bond acceptors (Lipinski definition) is 2.